The molecule has 148 valence electrons. The van der Waals surface area contributed by atoms with Crippen LogP contribution in [0.25, 0.3) is 5.69 Å². The molecule has 0 atom stereocenters. The lowest BCUT2D eigenvalue weighted by atomic mass is 10.1. The average Bonchev–Trinajstić information content (AvgIpc) is 3.14. The van der Waals surface area contributed by atoms with Crippen molar-refractivity contribution in [3.63, 3.8) is 0 Å². The van der Waals surface area contributed by atoms with E-state index in [1.165, 1.54) is 19.3 Å². The van der Waals surface area contributed by atoms with Gasteiger partial charge in [0.05, 0.1) is 24.8 Å². The predicted molar refractivity (Wildman–Crippen MR) is 113 cm³/mol. The van der Waals surface area contributed by atoms with Crippen LogP contribution in [0.3, 0.4) is 0 Å². The van der Waals surface area contributed by atoms with E-state index in [-0.39, 0.29) is 1.43 Å². The van der Waals surface area contributed by atoms with E-state index >= 15 is 0 Å². The van der Waals surface area contributed by atoms with Crippen LogP contribution in [-0.2, 0) is 0 Å². The molecular weight excluding hydrogens is 352 g/mol. The van der Waals surface area contributed by atoms with Crippen molar-refractivity contribution in [3.05, 3.63) is 48.2 Å². The summed E-state index contributed by atoms with van der Waals surface area (Å²) in [6, 6.07) is 8.02. The molecule has 7 heteroatoms. The maximum absolute atomic E-state index is 5.59. The van der Waals surface area contributed by atoms with E-state index in [2.05, 4.69) is 26.3 Å². The molecule has 0 radical (unpaired) electrons. The standard InChI is InChI=1S/C21H26N6O.H2/c1-15-11-20(26-9-5-4-6-10-26)25-21(23-15)24-17-7-8-18(19(12-17)28-3)27-13-16(2)22-14-27;/h7-8,11-14H,4-6,9-10H2,1-3H3,(H,23,24,25);1H. The third-order valence-electron chi connectivity index (χ3n) is 4.95. The Labute approximate surface area is 166 Å². The van der Waals surface area contributed by atoms with Crippen LogP contribution in [0.4, 0.5) is 17.5 Å². The number of hydrogen-bond acceptors (Lipinski definition) is 6. The van der Waals surface area contributed by atoms with Crippen molar-refractivity contribution in [3.8, 4) is 11.4 Å². The van der Waals surface area contributed by atoms with E-state index in [1.54, 1.807) is 13.4 Å². The Hall–Kier alpha value is -3.09. The molecule has 4 rings (SSSR count). The third-order valence-corrected chi connectivity index (χ3v) is 4.95. The van der Waals surface area contributed by atoms with Gasteiger partial charge in [-0.05, 0) is 45.2 Å². The summed E-state index contributed by atoms with van der Waals surface area (Å²) in [5, 5.41) is 3.33. The molecule has 0 unspecified atom stereocenters. The largest absolute Gasteiger partial charge is 0.494 e. The third kappa shape index (κ3) is 3.93. The second kappa shape index (κ2) is 7.88. The number of nitrogens with one attached hydrogen (secondary N) is 1. The van der Waals surface area contributed by atoms with E-state index in [4.69, 9.17) is 9.72 Å². The van der Waals surface area contributed by atoms with Crippen LogP contribution in [0.15, 0.2) is 36.8 Å². The number of ether oxygens (including phenoxy) is 1. The highest BCUT2D eigenvalue weighted by Gasteiger charge is 2.14. The molecule has 0 aliphatic carbocycles. The Morgan fingerprint density at radius 1 is 1.04 bits per heavy atom. The number of aromatic nitrogens is 4. The second-order valence-corrected chi connectivity index (χ2v) is 7.17. The van der Waals surface area contributed by atoms with Crippen LogP contribution in [0.2, 0.25) is 0 Å². The first-order valence-corrected chi connectivity index (χ1v) is 9.69. The second-order valence-electron chi connectivity index (χ2n) is 7.17. The molecule has 0 spiro atoms. The Bertz CT molecular complexity index is 968. The number of benzene rings is 1. The molecule has 1 aliphatic heterocycles. The van der Waals surface area contributed by atoms with Crippen molar-refractivity contribution < 1.29 is 6.16 Å². The zero-order chi connectivity index (χ0) is 19.5. The Morgan fingerprint density at radius 3 is 2.57 bits per heavy atom. The molecule has 1 N–H and O–H groups in total. The molecular formula is C21H28N6O. The smallest absolute Gasteiger partial charge is 0.229 e. The quantitative estimate of drug-likeness (QED) is 0.713. The van der Waals surface area contributed by atoms with E-state index in [0.717, 1.165) is 47.4 Å². The number of nitrogens with zero attached hydrogens (tertiary/aromatic N) is 5. The van der Waals surface area contributed by atoms with E-state index in [9.17, 15) is 0 Å². The maximum atomic E-state index is 5.59. The van der Waals surface area contributed by atoms with E-state index in [1.807, 2.05) is 42.8 Å². The normalized spacial score (nSPS) is 14.2. The monoisotopic (exact) mass is 380 g/mol. The molecule has 1 aliphatic rings. The van der Waals surface area contributed by atoms with Crippen LogP contribution in [0.5, 0.6) is 5.75 Å². The van der Waals surface area contributed by atoms with Crippen molar-refractivity contribution in [2.45, 2.75) is 33.1 Å². The van der Waals surface area contributed by atoms with Gasteiger partial charge in [-0.15, -0.1) is 0 Å². The summed E-state index contributed by atoms with van der Waals surface area (Å²) < 4.78 is 7.55. The van der Waals surface area contributed by atoms with Gasteiger partial charge in [-0.3, -0.25) is 0 Å². The summed E-state index contributed by atoms with van der Waals surface area (Å²) in [5.74, 6) is 2.35. The predicted octanol–water partition coefficient (Wildman–Crippen LogP) is 4.27. The zero-order valence-corrected chi connectivity index (χ0v) is 16.6. The van der Waals surface area contributed by atoms with Gasteiger partial charge in [0.15, 0.2) is 0 Å². The highest BCUT2D eigenvalue weighted by Crippen LogP contribution is 2.28. The Morgan fingerprint density at radius 2 is 1.86 bits per heavy atom. The van der Waals surface area contributed by atoms with E-state index in [0.29, 0.717) is 5.95 Å². The molecule has 1 aromatic carbocycles. The van der Waals surface area contributed by atoms with Crippen LogP contribution >= 0.6 is 0 Å². The van der Waals surface area contributed by atoms with Crippen LogP contribution in [-0.4, -0.2) is 39.7 Å². The molecule has 0 bridgehead atoms. The Balaban J connectivity index is 0.00000240. The lowest BCUT2D eigenvalue weighted by Crippen LogP contribution is -2.30. The number of imidazole rings is 1. The molecule has 0 saturated carbocycles. The lowest BCUT2D eigenvalue weighted by Gasteiger charge is -2.28. The molecule has 3 aromatic rings. The first-order valence-electron chi connectivity index (χ1n) is 9.69. The number of aryl methyl sites for hydroxylation is 2. The topological polar surface area (TPSA) is 68.1 Å². The SMILES string of the molecule is COc1cc(Nc2nc(C)cc(N3CCCCC3)n2)ccc1-n1cnc(C)c1.[HH]. The number of rotatable bonds is 5. The van der Waals surface area contributed by atoms with Gasteiger partial charge in [-0.25, -0.2) is 9.97 Å². The molecule has 1 fully saturated rings. The highest BCUT2D eigenvalue weighted by molar-refractivity contribution is 5.62. The molecule has 2 aromatic heterocycles. The van der Waals surface area contributed by atoms with Crippen molar-refractivity contribution >= 4 is 17.5 Å². The fourth-order valence-electron chi connectivity index (χ4n) is 3.54. The van der Waals surface area contributed by atoms with Gasteiger partial charge < -0.3 is 19.5 Å². The molecule has 7 nitrogen and oxygen atoms in total. The number of hydrogen-bond donors (Lipinski definition) is 1. The first-order chi connectivity index (χ1) is 13.6. The molecule has 28 heavy (non-hydrogen) atoms. The summed E-state index contributed by atoms with van der Waals surface area (Å²) in [4.78, 5) is 15.9. The first kappa shape index (κ1) is 18.3. The fourth-order valence-corrected chi connectivity index (χ4v) is 3.54. The number of methoxy groups -OCH3 is 1. The molecule has 3 heterocycles. The van der Waals surface area contributed by atoms with Crippen molar-refractivity contribution in [1.29, 1.82) is 0 Å². The molecule has 1 saturated heterocycles. The maximum Gasteiger partial charge on any atom is 0.229 e. The van der Waals surface area contributed by atoms with Gasteiger partial charge >= 0.3 is 0 Å². The van der Waals surface area contributed by atoms with Crippen molar-refractivity contribution in [2.24, 2.45) is 0 Å². The zero-order valence-electron chi connectivity index (χ0n) is 16.6. The summed E-state index contributed by atoms with van der Waals surface area (Å²) >= 11 is 0. The minimum atomic E-state index is 0. The molecule has 0 amide bonds. The summed E-state index contributed by atoms with van der Waals surface area (Å²) in [5.41, 5.74) is 3.73. The minimum Gasteiger partial charge on any atom is -0.494 e. The number of piperidine rings is 1. The van der Waals surface area contributed by atoms with Crippen LogP contribution < -0.4 is 15.0 Å². The van der Waals surface area contributed by atoms with Crippen LogP contribution in [0, 0.1) is 13.8 Å². The Kier molecular flexibility index (Phi) is 5.14. The summed E-state index contributed by atoms with van der Waals surface area (Å²) in [6.45, 7) is 6.09. The lowest BCUT2D eigenvalue weighted by molar-refractivity contribution is 0.413. The fraction of sp³-hybridized carbons (Fsp3) is 0.381. The van der Waals surface area contributed by atoms with Gasteiger partial charge in [0.2, 0.25) is 5.95 Å². The van der Waals surface area contributed by atoms with Gasteiger partial charge in [0.25, 0.3) is 0 Å². The van der Waals surface area contributed by atoms with Gasteiger partial charge in [-0.2, -0.15) is 4.98 Å². The van der Waals surface area contributed by atoms with E-state index < -0.39 is 0 Å². The minimum absolute atomic E-state index is 0. The van der Waals surface area contributed by atoms with Gasteiger partial charge in [-0.1, -0.05) is 0 Å². The summed E-state index contributed by atoms with van der Waals surface area (Å²) in [6.07, 6.45) is 7.50. The summed E-state index contributed by atoms with van der Waals surface area (Å²) in [7, 11) is 1.67. The van der Waals surface area contributed by atoms with Crippen molar-refractivity contribution in [1.82, 2.24) is 19.5 Å². The number of anilines is 3. The van der Waals surface area contributed by atoms with Gasteiger partial charge in [0.1, 0.15) is 11.6 Å². The van der Waals surface area contributed by atoms with Crippen LogP contribution in [0.1, 0.15) is 32.1 Å². The van der Waals surface area contributed by atoms with Gasteiger partial charge in [0, 0.05) is 44.2 Å². The average molecular weight is 380 g/mol. The van der Waals surface area contributed by atoms with Crippen molar-refractivity contribution in [2.75, 3.05) is 30.4 Å². The highest BCUT2D eigenvalue weighted by atomic mass is 16.5.